The van der Waals surface area contributed by atoms with E-state index < -0.39 is 11.4 Å². The predicted molar refractivity (Wildman–Crippen MR) is 74.7 cm³/mol. The summed E-state index contributed by atoms with van der Waals surface area (Å²) in [6, 6.07) is 6.55. The standard InChI is InChI=1S/C15H10O6/c1-20-15(19)7-2-3-12-9(4-7)13(18)10-5-8(16)6-11(17)14(10)21-12/h2-6,16-17H,1H3. The van der Waals surface area contributed by atoms with E-state index >= 15 is 0 Å². The number of carbonyl (C=O) groups is 1. The lowest BCUT2D eigenvalue weighted by Gasteiger charge is -2.05. The predicted octanol–water partition coefficient (Wildman–Crippen LogP) is 2.14. The zero-order chi connectivity index (χ0) is 15.1. The Morgan fingerprint density at radius 2 is 1.90 bits per heavy atom. The number of phenols is 2. The molecule has 0 radical (unpaired) electrons. The van der Waals surface area contributed by atoms with Crippen LogP contribution in [0.1, 0.15) is 10.4 Å². The number of fused-ring (bicyclic) bond motifs is 2. The molecule has 2 N–H and O–H groups in total. The molecule has 0 aliphatic heterocycles. The number of carbonyl (C=O) groups excluding carboxylic acids is 1. The van der Waals surface area contributed by atoms with Gasteiger partial charge in [-0.05, 0) is 24.3 Å². The van der Waals surface area contributed by atoms with Gasteiger partial charge < -0.3 is 19.4 Å². The summed E-state index contributed by atoms with van der Waals surface area (Å²) in [5.74, 6) is -1.16. The molecule has 6 heteroatoms. The molecule has 0 bridgehead atoms. The van der Waals surface area contributed by atoms with Gasteiger partial charge in [0.1, 0.15) is 11.3 Å². The molecule has 1 heterocycles. The van der Waals surface area contributed by atoms with Crippen molar-refractivity contribution in [3.63, 3.8) is 0 Å². The van der Waals surface area contributed by atoms with Crippen LogP contribution in [0.4, 0.5) is 0 Å². The summed E-state index contributed by atoms with van der Waals surface area (Å²) < 4.78 is 10.1. The molecule has 0 unspecified atom stereocenters. The van der Waals surface area contributed by atoms with Gasteiger partial charge >= 0.3 is 5.97 Å². The van der Waals surface area contributed by atoms with E-state index in [9.17, 15) is 19.8 Å². The van der Waals surface area contributed by atoms with Gasteiger partial charge in [0.25, 0.3) is 0 Å². The van der Waals surface area contributed by atoms with Gasteiger partial charge in [0.2, 0.25) is 5.43 Å². The molecule has 0 atom stereocenters. The fourth-order valence-corrected chi connectivity index (χ4v) is 2.17. The monoisotopic (exact) mass is 286 g/mol. The molecule has 3 rings (SSSR count). The van der Waals surface area contributed by atoms with E-state index in [1.165, 1.54) is 31.4 Å². The molecule has 0 amide bonds. The Morgan fingerprint density at radius 1 is 1.14 bits per heavy atom. The van der Waals surface area contributed by atoms with Gasteiger partial charge in [-0.1, -0.05) is 0 Å². The number of hydrogen-bond donors (Lipinski definition) is 2. The van der Waals surface area contributed by atoms with Gasteiger partial charge in [-0.3, -0.25) is 4.79 Å². The largest absolute Gasteiger partial charge is 0.508 e. The summed E-state index contributed by atoms with van der Waals surface area (Å²) >= 11 is 0. The van der Waals surface area contributed by atoms with Crippen molar-refractivity contribution in [1.29, 1.82) is 0 Å². The molecular weight excluding hydrogens is 276 g/mol. The molecule has 0 aliphatic carbocycles. The molecule has 6 nitrogen and oxygen atoms in total. The van der Waals surface area contributed by atoms with E-state index in [1.807, 2.05) is 0 Å². The van der Waals surface area contributed by atoms with Crippen molar-refractivity contribution in [3.05, 3.63) is 46.1 Å². The average Bonchev–Trinajstić information content (AvgIpc) is 2.47. The Bertz CT molecular complexity index is 938. The second-order valence-electron chi connectivity index (χ2n) is 4.48. The van der Waals surface area contributed by atoms with Crippen molar-refractivity contribution in [2.45, 2.75) is 0 Å². The second kappa shape index (κ2) is 4.52. The molecule has 21 heavy (non-hydrogen) atoms. The van der Waals surface area contributed by atoms with Crippen molar-refractivity contribution in [3.8, 4) is 11.5 Å². The topological polar surface area (TPSA) is 97.0 Å². The highest BCUT2D eigenvalue weighted by Gasteiger charge is 2.14. The molecule has 0 spiro atoms. The number of esters is 1. The third kappa shape index (κ3) is 1.97. The number of hydrogen-bond acceptors (Lipinski definition) is 6. The molecule has 0 saturated heterocycles. The first-order chi connectivity index (χ1) is 10.0. The highest BCUT2D eigenvalue weighted by Crippen LogP contribution is 2.30. The zero-order valence-corrected chi connectivity index (χ0v) is 10.9. The smallest absolute Gasteiger partial charge is 0.337 e. The Hall–Kier alpha value is -3.02. The van der Waals surface area contributed by atoms with E-state index in [4.69, 9.17) is 4.42 Å². The van der Waals surface area contributed by atoms with Gasteiger partial charge in [0.15, 0.2) is 11.3 Å². The molecule has 2 aromatic carbocycles. The first-order valence-corrected chi connectivity index (χ1v) is 6.02. The minimum atomic E-state index is -0.574. The quantitative estimate of drug-likeness (QED) is 0.525. The summed E-state index contributed by atoms with van der Waals surface area (Å²) in [5.41, 5.74) is -0.0403. The lowest BCUT2D eigenvalue weighted by molar-refractivity contribution is 0.0601. The Morgan fingerprint density at radius 3 is 2.62 bits per heavy atom. The minimum absolute atomic E-state index is 0.0175. The first-order valence-electron chi connectivity index (χ1n) is 6.02. The van der Waals surface area contributed by atoms with Crippen LogP contribution in [-0.2, 0) is 4.74 Å². The average molecular weight is 286 g/mol. The normalized spacial score (nSPS) is 10.9. The van der Waals surface area contributed by atoms with Crippen molar-refractivity contribution in [1.82, 2.24) is 0 Å². The number of aromatic hydroxyl groups is 2. The van der Waals surface area contributed by atoms with Gasteiger partial charge in [-0.15, -0.1) is 0 Å². The Balaban J connectivity index is 2.43. The van der Waals surface area contributed by atoms with Gasteiger partial charge in [0, 0.05) is 6.07 Å². The van der Waals surface area contributed by atoms with E-state index in [0.29, 0.717) is 0 Å². The lowest BCUT2D eigenvalue weighted by Crippen LogP contribution is -2.06. The van der Waals surface area contributed by atoms with Gasteiger partial charge in [-0.25, -0.2) is 4.79 Å². The van der Waals surface area contributed by atoms with E-state index in [1.54, 1.807) is 0 Å². The van der Waals surface area contributed by atoms with Crippen LogP contribution >= 0.6 is 0 Å². The minimum Gasteiger partial charge on any atom is -0.508 e. The number of methoxy groups -OCH3 is 1. The number of phenolic OH excluding ortho intramolecular Hbond substituents is 2. The number of ether oxygens (including phenoxy) is 1. The van der Waals surface area contributed by atoms with Gasteiger partial charge in [0.05, 0.1) is 23.4 Å². The molecule has 1 aromatic heterocycles. The number of benzene rings is 2. The SMILES string of the molecule is COC(=O)c1ccc2oc3c(O)cc(O)cc3c(=O)c2c1. The molecule has 0 aliphatic rings. The van der Waals surface area contributed by atoms with Crippen molar-refractivity contribution >= 4 is 27.9 Å². The lowest BCUT2D eigenvalue weighted by atomic mass is 10.1. The van der Waals surface area contributed by atoms with Crippen LogP contribution in [0, 0.1) is 0 Å². The fraction of sp³-hybridized carbons (Fsp3) is 0.0667. The fourth-order valence-electron chi connectivity index (χ4n) is 2.17. The maximum Gasteiger partial charge on any atom is 0.337 e. The van der Waals surface area contributed by atoms with E-state index in [2.05, 4.69) is 4.74 Å². The van der Waals surface area contributed by atoms with Crippen LogP contribution < -0.4 is 5.43 Å². The second-order valence-corrected chi connectivity index (χ2v) is 4.48. The molecule has 3 aromatic rings. The van der Waals surface area contributed by atoms with Crippen molar-refractivity contribution < 1.29 is 24.2 Å². The summed E-state index contributed by atoms with van der Waals surface area (Å²) in [7, 11) is 1.24. The molecule has 0 fully saturated rings. The summed E-state index contributed by atoms with van der Waals surface area (Å²) in [6.07, 6.45) is 0. The Kier molecular flexibility index (Phi) is 2.79. The van der Waals surface area contributed by atoms with E-state index in [0.717, 1.165) is 6.07 Å². The zero-order valence-electron chi connectivity index (χ0n) is 10.9. The maximum absolute atomic E-state index is 12.4. The van der Waals surface area contributed by atoms with Crippen LogP contribution in [0.2, 0.25) is 0 Å². The first kappa shape index (κ1) is 13.0. The van der Waals surface area contributed by atoms with Crippen LogP contribution in [0.25, 0.3) is 21.9 Å². The maximum atomic E-state index is 12.4. The van der Waals surface area contributed by atoms with E-state index in [-0.39, 0.29) is 39.0 Å². The Labute approximate surface area is 117 Å². The summed E-state index contributed by atoms with van der Waals surface area (Å²) in [5, 5.41) is 19.4. The summed E-state index contributed by atoms with van der Waals surface area (Å²) in [4.78, 5) is 23.9. The molecule has 0 saturated carbocycles. The summed E-state index contributed by atoms with van der Waals surface area (Å²) in [6.45, 7) is 0. The highest BCUT2D eigenvalue weighted by molar-refractivity contribution is 5.97. The van der Waals surface area contributed by atoms with Crippen LogP contribution in [0.3, 0.4) is 0 Å². The molecule has 106 valence electrons. The number of rotatable bonds is 1. The van der Waals surface area contributed by atoms with Gasteiger partial charge in [-0.2, -0.15) is 0 Å². The van der Waals surface area contributed by atoms with Crippen LogP contribution in [0.15, 0.2) is 39.5 Å². The van der Waals surface area contributed by atoms with Crippen molar-refractivity contribution in [2.75, 3.05) is 7.11 Å². The van der Waals surface area contributed by atoms with Crippen LogP contribution in [-0.4, -0.2) is 23.3 Å². The third-order valence-electron chi connectivity index (χ3n) is 3.16. The van der Waals surface area contributed by atoms with Crippen molar-refractivity contribution in [2.24, 2.45) is 0 Å². The highest BCUT2D eigenvalue weighted by atomic mass is 16.5. The van der Waals surface area contributed by atoms with Crippen LogP contribution in [0.5, 0.6) is 11.5 Å². The molecular formula is C15H10O6. The third-order valence-corrected chi connectivity index (χ3v) is 3.16.